The molecule has 0 saturated carbocycles. The maximum atomic E-state index is 11.3. The fraction of sp³-hybridized carbons (Fsp3) is 0.462. The Balaban J connectivity index is 2.22. The SMILES string of the molecule is CCOc1cc(NS(C)(=O)=O)ccc1CC1=NCCN1. The standard InChI is InChI=1S/C13H19N3O3S/c1-3-19-12-9-11(16-20(2,17)18)5-4-10(12)8-13-14-6-7-15-13/h4-5,9,16H,3,6-8H2,1-2H3,(H,14,15). The van der Waals surface area contributed by atoms with Gasteiger partial charge in [-0.2, -0.15) is 0 Å². The summed E-state index contributed by atoms with van der Waals surface area (Å²) in [6.45, 7) is 4.08. The van der Waals surface area contributed by atoms with E-state index in [1.807, 2.05) is 13.0 Å². The lowest BCUT2D eigenvalue weighted by atomic mass is 10.1. The minimum absolute atomic E-state index is 0.501. The quantitative estimate of drug-likeness (QED) is 0.821. The van der Waals surface area contributed by atoms with Gasteiger partial charge in [-0.3, -0.25) is 9.71 Å². The van der Waals surface area contributed by atoms with E-state index in [0.29, 0.717) is 24.5 Å². The highest BCUT2D eigenvalue weighted by Gasteiger charge is 2.12. The predicted octanol–water partition coefficient (Wildman–Crippen LogP) is 1.00. The van der Waals surface area contributed by atoms with Crippen molar-refractivity contribution in [2.75, 3.05) is 30.7 Å². The number of benzene rings is 1. The normalized spacial score (nSPS) is 14.6. The third-order valence-electron chi connectivity index (χ3n) is 2.77. The molecule has 1 aliphatic rings. The van der Waals surface area contributed by atoms with E-state index in [9.17, 15) is 8.42 Å². The van der Waals surface area contributed by atoms with Crippen LogP contribution in [0.25, 0.3) is 0 Å². The van der Waals surface area contributed by atoms with Crippen molar-refractivity contribution < 1.29 is 13.2 Å². The molecule has 0 spiro atoms. The van der Waals surface area contributed by atoms with Gasteiger partial charge >= 0.3 is 0 Å². The van der Waals surface area contributed by atoms with Crippen LogP contribution < -0.4 is 14.8 Å². The van der Waals surface area contributed by atoms with Crippen molar-refractivity contribution in [1.82, 2.24) is 5.32 Å². The van der Waals surface area contributed by atoms with E-state index in [4.69, 9.17) is 4.74 Å². The summed E-state index contributed by atoms with van der Waals surface area (Å²) in [6, 6.07) is 5.30. The van der Waals surface area contributed by atoms with Gasteiger partial charge in [0.05, 0.1) is 25.1 Å². The predicted molar refractivity (Wildman–Crippen MR) is 80.1 cm³/mol. The van der Waals surface area contributed by atoms with Gasteiger partial charge in [-0.25, -0.2) is 8.42 Å². The molecule has 0 unspecified atom stereocenters. The Morgan fingerprint density at radius 3 is 2.85 bits per heavy atom. The molecule has 0 aliphatic carbocycles. The summed E-state index contributed by atoms with van der Waals surface area (Å²) in [6.07, 6.45) is 1.78. The topological polar surface area (TPSA) is 79.8 Å². The molecule has 6 nitrogen and oxygen atoms in total. The second kappa shape index (κ2) is 6.13. The van der Waals surface area contributed by atoms with Gasteiger partial charge in [0, 0.05) is 24.6 Å². The second-order valence-electron chi connectivity index (χ2n) is 4.56. The Morgan fingerprint density at radius 1 is 1.45 bits per heavy atom. The van der Waals surface area contributed by atoms with E-state index in [0.717, 1.165) is 30.7 Å². The minimum Gasteiger partial charge on any atom is -0.494 e. The van der Waals surface area contributed by atoms with Crippen LogP contribution in [0.3, 0.4) is 0 Å². The lowest BCUT2D eigenvalue weighted by molar-refractivity contribution is 0.337. The molecule has 0 atom stereocenters. The Morgan fingerprint density at radius 2 is 2.25 bits per heavy atom. The number of rotatable bonds is 6. The molecule has 0 saturated heterocycles. The first-order chi connectivity index (χ1) is 9.48. The molecule has 7 heteroatoms. The molecule has 0 bridgehead atoms. The molecule has 0 fully saturated rings. The third-order valence-corrected chi connectivity index (χ3v) is 3.38. The van der Waals surface area contributed by atoms with Crippen LogP contribution in [0.15, 0.2) is 23.2 Å². The molecule has 110 valence electrons. The van der Waals surface area contributed by atoms with Crippen LogP contribution in [-0.2, 0) is 16.4 Å². The number of sulfonamides is 1. The van der Waals surface area contributed by atoms with Gasteiger partial charge in [-0.1, -0.05) is 6.07 Å². The molecule has 2 rings (SSSR count). The molecule has 1 aromatic rings. The van der Waals surface area contributed by atoms with Crippen molar-refractivity contribution in [2.45, 2.75) is 13.3 Å². The molecular formula is C13H19N3O3S. The molecule has 0 radical (unpaired) electrons. The first kappa shape index (κ1) is 14.6. The molecule has 20 heavy (non-hydrogen) atoms. The molecule has 1 aliphatic heterocycles. The Kier molecular flexibility index (Phi) is 4.49. The number of nitrogens with one attached hydrogen (secondary N) is 2. The Bertz CT molecular complexity index is 611. The van der Waals surface area contributed by atoms with Crippen molar-refractivity contribution in [2.24, 2.45) is 4.99 Å². The fourth-order valence-electron chi connectivity index (χ4n) is 2.01. The highest BCUT2D eigenvalue weighted by atomic mass is 32.2. The van der Waals surface area contributed by atoms with Gasteiger partial charge in [-0.15, -0.1) is 0 Å². The maximum absolute atomic E-state index is 11.3. The number of ether oxygens (including phenoxy) is 1. The van der Waals surface area contributed by atoms with Gasteiger partial charge in [0.15, 0.2) is 0 Å². The summed E-state index contributed by atoms with van der Waals surface area (Å²) in [4.78, 5) is 4.35. The van der Waals surface area contributed by atoms with Gasteiger partial charge in [0.1, 0.15) is 11.6 Å². The highest BCUT2D eigenvalue weighted by molar-refractivity contribution is 7.92. The summed E-state index contributed by atoms with van der Waals surface area (Å²) in [5.41, 5.74) is 1.49. The van der Waals surface area contributed by atoms with Crippen molar-refractivity contribution in [1.29, 1.82) is 0 Å². The zero-order valence-electron chi connectivity index (χ0n) is 11.6. The number of hydrogen-bond donors (Lipinski definition) is 2. The zero-order chi connectivity index (χ0) is 14.6. The number of nitrogens with zero attached hydrogens (tertiary/aromatic N) is 1. The smallest absolute Gasteiger partial charge is 0.229 e. The van der Waals surface area contributed by atoms with Crippen LogP contribution in [-0.4, -0.2) is 40.2 Å². The minimum atomic E-state index is -3.29. The van der Waals surface area contributed by atoms with Gasteiger partial charge in [0.25, 0.3) is 0 Å². The highest BCUT2D eigenvalue weighted by Crippen LogP contribution is 2.25. The second-order valence-corrected chi connectivity index (χ2v) is 6.31. The van der Waals surface area contributed by atoms with Crippen LogP contribution in [0.2, 0.25) is 0 Å². The van der Waals surface area contributed by atoms with E-state index in [1.54, 1.807) is 12.1 Å². The Hall–Kier alpha value is -1.76. The summed E-state index contributed by atoms with van der Waals surface area (Å²) in [5.74, 6) is 1.62. The average molecular weight is 297 g/mol. The van der Waals surface area contributed by atoms with Crippen molar-refractivity contribution in [3.63, 3.8) is 0 Å². The van der Waals surface area contributed by atoms with Crippen LogP contribution in [0.4, 0.5) is 5.69 Å². The molecule has 1 aromatic carbocycles. The number of hydrogen-bond acceptors (Lipinski definition) is 5. The van der Waals surface area contributed by atoms with Crippen molar-refractivity contribution >= 4 is 21.5 Å². The first-order valence-corrected chi connectivity index (χ1v) is 8.38. The molecule has 0 aromatic heterocycles. The fourth-order valence-corrected chi connectivity index (χ4v) is 2.57. The van der Waals surface area contributed by atoms with E-state index in [2.05, 4.69) is 15.0 Å². The third kappa shape index (κ3) is 4.12. The summed E-state index contributed by atoms with van der Waals surface area (Å²) < 4.78 is 30.5. The largest absolute Gasteiger partial charge is 0.494 e. The monoisotopic (exact) mass is 297 g/mol. The zero-order valence-corrected chi connectivity index (χ0v) is 12.5. The maximum Gasteiger partial charge on any atom is 0.229 e. The molecule has 2 N–H and O–H groups in total. The first-order valence-electron chi connectivity index (χ1n) is 6.48. The van der Waals surface area contributed by atoms with Crippen LogP contribution in [0.1, 0.15) is 12.5 Å². The number of anilines is 1. The average Bonchev–Trinajstić information content (AvgIpc) is 2.84. The molecule has 0 amide bonds. The molecule has 1 heterocycles. The number of aliphatic imine (C=N–C) groups is 1. The van der Waals surface area contributed by atoms with E-state index >= 15 is 0 Å². The lowest BCUT2D eigenvalue weighted by Gasteiger charge is -2.13. The lowest BCUT2D eigenvalue weighted by Crippen LogP contribution is -2.21. The van der Waals surface area contributed by atoms with E-state index in [1.165, 1.54) is 0 Å². The van der Waals surface area contributed by atoms with Crippen LogP contribution in [0, 0.1) is 0 Å². The van der Waals surface area contributed by atoms with Crippen molar-refractivity contribution in [3.05, 3.63) is 23.8 Å². The van der Waals surface area contributed by atoms with Crippen molar-refractivity contribution in [3.8, 4) is 5.75 Å². The van der Waals surface area contributed by atoms with Crippen LogP contribution in [0.5, 0.6) is 5.75 Å². The summed E-state index contributed by atoms with van der Waals surface area (Å²) in [7, 11) is -3.29. The van der Waals surface area contributed by atoms with Crippen LogP contribution >= 0.6 is 0 Å². The van der Waals surface area contributed by atoms with Gasteiger partial charge in [-0.05, 0) is 13.0 Å². The van der Waals surface area contributed by atoms with E-state index < -0.39 is 10.0 Å². The van der Waals surface area contributed by atoms with Gasteiger partial charge in [0.2, 0.25) is 10.0 Å². The van der Waals surface area contributed by atoms with E-state index in [-0.39, 0.29) is 0 Å². The number of amidine groups is 1. The van der Waals surface area contributed by atoms with Gasteiger partial charge < -0.3 is 10.1 Å². The molecular weight excluding hydrogens is 278 g/mol. The summed E-state index contributed by atoms with van der Waals surface area (Å²) in [5, 5.41) is 3.21. The Labute approximate surface area is 119 Å². The summed E-state index contributed by atoms with van der Waals surface area (Å²) >= 11 is 0.